The van der Waals surface area contributed by atoms with E-state index in [1.165, 1.54) is 17.8 Å². The molecule has 0 aliphatic carbocycles. The van der Waals surface area contributed by atoms with E-state index in [1.807, 2.05) is 18.2 Å². The fraction of sp³-hybridized carbons (Fsp3) is 0.368. The number of carboxylic acid groups (broad SMARTS) is 1. The number of benzene rings is 1. The SMILES string of the molecule is O=C(O)c1ccc(NCC2(O)CCN(Cc3ccccc3)CC2)nc1. The second-order valence-electron chi connectivity index (χ2n) is 6.58. The Bertz CT molecular complexity index is 696. The minimum Gasteiger partial charge on any atom is -0.478 e. The first-order valence-electron chi connectivity index (χ1n) is 8.46. The first-order valence-corrected chi connectivity index (χ1v) is 8.46. The maximum atomic E-state index is 10.8. The molecule has 2 aromatic rings. The molecule has 25 heavy (non-hydrogen) atoms. The van der Waals surface area contributed by atoms with Gasteiger partial charge in [0.15, 0.2) is 0 Å². The Morgan fingerprint density at radius 1 is 1.16 bits per heavy atom. The number of rotatable bonds is 6. The highest BCUT2D eigenvalue weighted by molar-refractivity contribution is 5.87. The van der Waals surface area contributed by atoms with Gasteiger partial charge in [-0.25, -0.2) is 9.78 Å². The van der Waals surface area contributed by atoms with E-state index in [9.17, 15) is 9.90 Å². The van der Waals surface area contributed by atoms with E-state index in [1.54, 1.807) is 6.07 Å². The third-order valence-electron chi connectivity index (χ3n) is 4.64. The number of pyridine rings is 1. The van der Waals surface area contributed by atoms with Crippen molar-refractivity contribution in [3.63, 3.8) is 0 Å². The first kappa shape index (κ1) is 17.4. The fourth-order valence-electron chi connectivity index (χ4n) is 3.03. The van der Waals surface area contributed by atoms with Crippen LogP contribution in [0.15, 0.2) is 48.7 Å². The average Bonchev–Trinajstić information content (AvgIpc) is 2.63. The van der Waals surface area contributed by atoms with Crippen molar-refractivity contribution < 1.29 is 15.0 Å². The molecule has 1 aliphatic heterocycles. The van der Waals surface area contributed by atoms with Gasteiger partial charge in [-0.15, -0.1) is 0 Å². The Balaban J connectivity index is 1.48. The lowest BCUT2D eigenvalue weighted by molar-refractivity contribution is -0.0121. The molecule has 6 heteroatoms. The molecule has 1 saturated heterocycles. The summed E-state index contributed by atoms with van der Waals surface area (Å²) in [5.41, 5.74) is 0.674. The molecule has 1 aliphatic rings. The summed E-state index contributed by atoms with van der Waals surface area (Å²) in [7, 11) is 0. The number of carbonyl (C=O) groups is 1. The largest absolute Gasteiger partial charge is 0.478 e. The molecule has 0 unspecified atom stereocenters. The lowest BCUT2D eigenvalue weighted by Crippen LogP contribution is -2.48. The van der Waals surface area contributed by atoms with Crippen LogP contribution in [-0.2, 0) is 6.54 Å². The summed E-state index contributed by atoms with van der Waals surface area (Å²) in [5.74, 6) is -0.423. The van der Waals surface area contributed by atoms with E-state index in [-0.39, 0.29) is 5.56 Å². The third-order valence-corrected chi connectivity index (χ3v) is 4.64. The van der Waals surface area contributed by atoms with Gasteiger partial charge in [0.2, 0.25) is 0 Å². The molecular formula is C19H23N3O3. The molecule has 0 amide bonds. The van der Waals surface area contributed by atoms with Crippen molar-refractivity contribution in [3.05, 3.63) is 59.8 Å². The van der Waals surface area contributed by atoms with Crippen LogP contribution in [0.5, 0.6) is 0 Å². The number of aromatic nitrogens is 1. The number of aromatic carboxylic acids is 1. The zero-order chi connectivity index (χ0) is 17.7. The Kier molecular flexibility index (Phi) is 5.31. The maximum absolute atomic E-state index is 10.8. The summed E-state index contributed by atoms with van der Waals surface area (Å²) in [5, 5.41) is 22.7. The van der Waals surface area contributed by atoms with Crippen LogP contribution in [0.4, 0.5) is 5.82 Å². The molecule has 3 rings (SSSR count). The molecule has 0 saturated carbocycles. The van der Waals surface area contributed by atoms with Crippen molar-refractivity contribution in [2.75, 3.05) is 25.0 Å². The Morgan fingerprint density at radius 2 is 1.88 bits per heavy atom. The Labute approximate surface area is 147 Å². The molecule has 2 heterocycles. The van der Waals surface area contributed by atoms with Crippen LogP contribution >= 0.6 is 0 Å². The van der Waals surface area contributed by atoms with E-state index < -0.39 is 11.6 Å². The van der Waals surface area contributed by atoms with Gasteiger partial charge < -0.3 is 15.5 Å². The lowest BCUT2D eigenvalue weighted by Gasteiger charge is -2.38. The van der Waals surface area contributed by atoms with Crippen molar-refractivity contribution in [2.45, 2.75) is 25.0 Å². The Morgan fingerprint density at radius 3 is 2.48 bits per heavy atom. The smallest absolute Gasteiger partial charge is 0.337 e. The second-order valence-corrected chi connectivity index (χ2v) is 6.58. The quantitative estimate of drug-likeness (QED) is 0.747. The first-order chi connectivity index (χ1) is 12.0. The predicted molar refractivity (Wildman–Crippen MR) is 95.6 cm³/mol. The molecule has 0 atom stereocenters. The highest BCUT2D eigenvalue weighted by Gasteiger charge is 2.32. The van der Waals surface area contributed by atoms with E-state index in [4.69, 9.17) is 5.11 Å². The molecule has 1 aromatic carbocycles. The molecule has 132 valence electrons. The van der Waals surface area contributed by atoms with Crippen LogP contribution < -0.4 is 5.32 Å². The van der Waals surface area contributed by atoms with Gasteiger partial charge in [0.1, 0.15) is 5.82 Å². The third kappa shape index (κ3) is 4.78. The van der Waals surface area contributed by atoms with Crippen LogP contribution in [0, 0.1) is 0 Å². The maximum Gasteiger partial charge on any atom is 0.337 e. The minimum absolute atomic E-state index is 0.151. The summed E-state index contributed by atoms with van der Waals surface area (Å²) >= 11 is 0. The zero-order valence-electron chi connectivity index (χ0n) is 14.1. The summed E-state index contributed by atoms with van der Waals surface area (Å²) in [6, 6.07) is 13.5. The molecule has 3 N–H and O–H groups in total. The van der Waals surface area contributed by atoms with Gasteiger partial charge in [-0.2, -0.15) is 0 Å². The van der Waals surface area contributed by atoms with Crippen LogP contribution in [0.2, 0.25) is 0 Å². The molecule has 0 spiro atoms. The van der Waals surface area contributed by atoms with Crippen molar-refractivity contribution in [1.82, 2.24) is 9.88 Å². The van der Waals surface area contributed by atoms with Gasteiger partial charge in [-0.3, -0.25) is 4.90 Å². The normalized spacial score (nSPS) is 17.2. The summed E-state index contributed by atoms with van der Waals surface area (Å²) in [6.07, 6.45) is 2.71. The lowest BCUT2D eigenvalue weighted by atomic mass is 9.91. The van der Waals surface area contributed by atoms with Crippen molar-refractivity contribution in [3.8, 4) is 0 Å². The molecule has 1 aromatic heterocycles. The summed E-state index contributed by atoms with van der Waals surface area (Å²) < 4.78 is 0. The fourth-order valence-corrected chi connectivity index (χ4v) is 3.03. The average molecular weight is 341 g/mol. The van der Waals surface area contributed by atoms with Crippen molar-refractivity contribution in [2.24, 2.45) is 0 Å². The number of anilines is 1. The van der Waals surface area contributed by atoms with Gasteiger partial charge in [0.25, 0.3) is 0 Å². The van der Waals surface area contributed by atoms with E-state index in [0.717, 1.165) is 19.6 Å². The highest BCUT2D eigenvalue weighted by atomic mass is 16.4. The van der Waals surface area contributed by atoms with Gasteiger partial charge in [0.05, 0.1) is 11.2 Å². The van der Waals surface area contributed by atoms with Crippen LogP contribution in [0.1, 0.15) is 28.8 Å². The number of nitrogens with zero attached hydrogens (tertiary/aromatic N) is 2. The minimum atomic E-state index is -0.997. The number of carboxylic acids is 1. The standard InChI is InChI=1S/C19H23N3O3/c23-18(24)16-6-7-17(20-12-16)21-14-19(25)8-10-22(11-9-19)13-15-4-2-1-3-5-15/h1-7,12,25H,8-11,13-14H2,(H,20,21)(H,23,24). The van der Waals surface area contributed by atoms with Crippen molar-refractivity contribution in [1.29, 1.82) is 0 Å². The van der Waals surface area contributed by atoms with Gasteiger partial charge in [-0.1, -0.05) is 30.3 Å². The zero-order valence-corrected chi connectivity index (χ0v) is 14.1. The summed E-state index contributed by atoms with van der Waals surface area (Å²) in [6.45, 7) is 3.01. The monoisotopic (exact) mass is 341 g/mol. The van der Waals surface area contributed by atoms with Gasteiger partial charge >= 0.3 is 5.97 Å². The summed E-state index contributed by atoms with van der Waals surface area (Å²) in [4.78, 5) is 17.2. The van der Waals surface area contributed by atoms with Crippen LogP contribution in [0.3, 0.4) is 0 Å². The number of hydrogen-bond acceptors (Lipinski definition) is 5. The molecule has 6 nitrogen and oxygen atoms in total. The number of hydrogen-bond donors (Lipinski definition) is 3. The molecule has 0 radical (unpaired) electrons. The topological polar surface area (TPSA) is 85.7 Å². The molecule has 1 fully saturated rings. The number of nitrogens with one attached hydrogen (secondary N) is 1. The Hall–Kier alpha value is -2.44. The van der Waals surface area contributed by atoms with Crippen molar-refractivity contribution >= 4 is 11.8 Å². The highest BCUT2D eigenvalue weighted by Crippen LogP contribution is 2.24. The number of piperidine rings is 1. The van der Waals surface area contributed by atoms with Gasteiger partial charge in [0, 0.05) is 32.4 Å². The second kappa shape index (κ2) is 7.63. The number of likely N-dealkylation sites (tertiary alicyclic amines) is 1. The van der Waals surface area contributed by atoms with E-state index >= 15 is 0 Å². The van der Waals surface area contributed by atoms with Crippen LogP contribution in [0.25, 0.3) is 0 Å². The predicted octanol–water partition coefficient (Wildman–Crippen LogP) is 2.22. The molecule has 0 bridgehead atoms. The van der Waals surface area contributed by atoms with Crippen LogP contribution in [-0.4, -0.2) is 51.3 Å². The van der Waals surface area contributed by atoms with Gasteiger partial charge in [-0.05, 0) is 30.5 Å². The van der Waals surface area contributed by atoms with E-state index in [2.05, 4.69) is 27.3 Å². The van der Waals surface area contributed by atoms with E-state index in [0.29, 0.717) is 25.2 Å². The molecular weight excluding hydrogens is 318 g/mol. The number of aliphatic hydroxyl groups is 1.